The van der Waals surface area contributed by atoms with Gasteiger partial charge in [0.15, 0.2) is 0 Å². The molecule has 0 aliphatic carbocycles. The van der Waals surface area contributed by atoms with Crippen LogP contribution in [0.3, 0.4) is 0 Å². The maximum Gasteiger partial charge on any atom is 0.0934 e. The van der Waals surface area contributed by atoms with Gasteiger partial charge in [0.1, 0.15) is 0 Å². The van der Waals surface area contributed by atoms with Crippen molar-refractivity contribution in [3.05, 3.63) is 28.9 Å². The third-order valence-electron chi connectivity index (χ3n) is 3.41. The zero-order chi connectivity index (χ0) is 11.8. The summed E-state index contributed by atoms with van der Waals surface area (Å²) in [7, 11) is 0. The van der Waals surface area contributed by atoms with E-state index in [-0.39, 0.29) is 0 Å². The van der Waals surface area contributed by atoms with Crippen LogP contribution in [0.5, 0.6) is 0 Å². The van der Waals surface area contributed by atoms with Crippen LogP contribution in [0.1, 0.15) is 19.4 Å². The number of rotatable bonds is 1. The topological polar surface area (TPSA) is 29.9 Å². The molecule has 2 heterocycles. The van der Waals surface area contributed by atoms with Crippen LogP contribution in [-0.2, 0) is 0 Å². The fourth-order valence-electron chi connectivity index (χ4n) is 2.52. The van der Waals surface area contributed by atoms with Gasteiger partial charge in [-0.1, -0.05) is 28.9 Å². The van der Waals surface area contributed by atoms with Crippen molar-refractivity contribution >= 4 is 26.8 Å². The van der Waals surface area contributed by atoms with Crippen molar-refractivity contribution in [3.8, 4) is 0 Å². The largest absolute Gasteiger partial charge is 0.314 e. The lowest BCUT2D eigenvalue weighted by Gasteiger charge is -2.27. The van der Waals surface area contributed by atoms with Crippen LogP contribution in [0.15, 0.2) is 28.9 Å². The molecule has 1 N–H and O–H groups in total. The van der Waals surface area contributed by atoms with Gasteiger partial charge in [-0.05, 0) is 31.0 Å². The molecule has 1 fully saturated rings. The normalized spacial score (nSPS) is 25.3. The van der Waals surface area contributed by atoms with E-state index in [0.717, 1.165) is 29.0 Å². The highest BCUT2D eigenvalue weighted by Crippen LogP contribution is 2.24. The molecule has 3 nitrogen and oxygen atoms in total. The molecule has 17 heavy (non-hydrogen) atoms. The molecule has 2 unspecified atom stereocenters. The third kappa shape index (κ3) is 2.24. The van der Waals surface area contributed by atoms with Crippen LogP contribution in [0, 0.1) is 5.92 Å². The molecule has 0 bridgehead atoms. The first-order chi connectivity index (χ1) is 8.22. The predicted octanol–water partition coefficient (Wildman–Crippen LogP) is 2.97. The van der Waals surface area contributed by atoms with Gasteiger partial charge in [0, 0.05) is 22.6 Å². The van der Waals surface area contributed by atoms with Gasteiger partial charge in [-0.25, -0.2) is 0 Å². The molecule has 90 valence electrons. The van der Waals surface area contributed by atoms with Crippen LogP contribution in [0.25, 0.3) is 10.9 Å². The number of halogens is 1. The molecule has 0 radical (unpaired) electrons. The Bertz CT molecular complexity index is 534. The van der Waals surface area contributed by atoms with Crippen LogP contribution in [-0.4, -0.2) is 22.9 Å². The number of nitrogens with zero attached hydrogens (tertiary/aromatic N) is 2. The summed E-state index contributed by atoms with van der Waals surface area (Å²) in [6, 6.07) is 6.74. The van der Waals surface area contributed by atoms with E-state index in [2.05, 4.69) is 62.3 Å². The van der Waals surface area contributed by atoms with Gasteiger partial charge < -0.3 is 5.32 Å². The van der Waals surface area contributed by atoms with E-state index in [1.54, 1.807) is 0 Å². The van der Waals surface area contributed by atoms with Gasteiger partial charge in [0.05, 0.1) is 11.6 Å². The van der Waals surface area contributed by atoms with E-state index in [9.17, 15) is 0 Å². The number of piperidine rings is 1. The highest BCUT2D eigenvalue weighted by molar-refractivity contribution is 9.10. The number of hydrogen-bond acceptors (Lipinski definition) is 2. The zero-order valence-corrected chi connectivity index (χ0v) is 11.4. The maximum atomic E-state index is 4.68. The first-order valence-electron chi connectivity index (χ1n) is 6.07. The summed E-state index contributed by atoms with van der Waals surface area (Å²) < 4.78 is 3.21. The molecule has 1 saturated heterocycles. The van der Waals surface area contributed by atoms with Gasteiger partial charge in [-0.2, -0.15) is 5.10 Å². The molecule has 1 aromatic heterocycles. The number of nitrogens with one attached hydrogen (secondary N) is 1. The molecule has 2 aromatic rings. The quantitative estimate of drug-likeness (QED) is 0.876. The number of aromatic nitrogens is 2. The molecule has 1 aromatic carbocycles. The second-order valence-corrected chi connectivity index (χ2v) is 5.88. The Morgan fingerprint density at radius 2 is 2.29 bits per heavy atom. The Balaban J connectivity index is 1.94. The van der Waals surface area contributed by atoms with Crippen LogP contribution in [0.4, 0.5) is 0 Å². The van der Waals surface area contributed by atoms with E-state index in [1.807, 2.05) is 0 Å². The van der Waals surface area contributed by atoms with Crippen molar-refractivity contribution in [2.75, 3.05) is 13.1 Å². The van der Waals surface area contributed by atoms with E-state index in [4.69, 9.17) is 0 Å². The highest BCUT2D eigenvalue weighted by Gasteiger charge is 2.20. The average Bonchev–Trinajstić information content (AvgIpc) is 2.72. The van der Waals surface area contributed by atoms with Crippen molar-refractivity contribution in [2.45, 2.75) is 19.4 Å². The Hall–Kier alpha value is -0.870. The Kier molecular flexibility index (Phi) is 2.92. The molecule has 1 aliphatic rings. The van der Waals surface area contributed by atoms with E-state index >= 15 is 0 Å². The second kappa shape index (κ2) is 4.42. The SMILES string of the molecule is CC1CNCC(n2cc3ccc(Br)cc3n2)C1. The minimum absolute atomic E-state index is 0.491. The maximum absolute atomic E-state index is 4.68. The summed E-state index contributed by atoms with van der Waals surface area (Å²) in [5.74, 6) is 0.729. The van der Waals surface area contributed by atoms with Crippen molar-refractivity contribution in [1.82, 2.24) is 15.1 Å². The summed E-state index contributed by atoms with van der Waals surface area (Å²) in [6.07, 6.45) is 3.37. The van der Waals surface area contributed by atoms with E-state index in [1.165, 1.54) is 11.8 Å². The first kappa shape index (κ1) is 11.2. The number of hydrogen-bond donors (Lipinski definition) is 1. The van der Waals surface area contributed by atoms with Gasteiger partial charge in [0.2, 0.25) is 0 Å². The van der Waals surface area contributed by atoms with Gasteiger partial charge in [0.25, 0.3) is 0 Å². The minimum Gasteiger partial charge on any atom is -0.314 e. The summed E-state index contributed by atoms with van der Waals surface area (Å²) >= 11 is 3.49. The molecule has 3 rings (SSSR count). The average molecular weight is 294 g/mol. The highest BCUT2D eigenvalue weighted by atomic mass is 79.9. The minimum atomic E-state index is 0.491. The van der Waals surface area contributed by atoms with Gasteiger partial charge in [-0.15, -0.1) is 0 Å². The van der Waals surface area contributed by atoms with Gasteiger partial charge in [-0.3, -0.25) is 4.68 Å². The van der Waals surface area contributed by atoms with Crippen molar-refractivity contribution in [3.63, 3.8) is 0 Å². The molecule has 0 saturated carbocycles. The fraction of sp³-hybridized carbons (Fsp3) is 0.462. The molecular formula is C13H16BrN3. The fourth-order valence-corrected chi connectivity index (χ4v) is 2.87. The van der Waals surface area contributed by atoms with E-state index < -0.39 is 0 Å². The zero-order valence-electron chi connectivity index (χ0n) is 9.86. The Labute approximate surface area is 109 Å². The van der Waals surface area contributed by atoms with Crippen LogP contribution in [0.2, 0.25) is 0 Å². The van der Waals surface area contributed by atoms with Crippen molar-refractivity contribution in [2.24, 2.45) is 5.92 Å². The molecule has 0 spiro atoms. The van der Waals surface area contributed by atoms with Crippen molar-refractivity contribution < 1.29 is 0 Å². The predicted molar refractivity (Wildman–Crippen MR) is 73.1 cm³/mol. The molecule has 1 aliphatic heterocycles. The smallest absolute Gasteiger partial charge is 0.0934 e. The number of benzene rings is 1. The lowest BCUT2D eigenvalue weighted by Crippen LogP contribution is -2.36. The third-order valence-corrected chi connectivity index (χ3v) is 3.90. The van der Waals surface area contributed by atoms with E-state index in [0.29, 0.717) is 6.04 Å². The van der Waals surface area contributed by atoms with Crippen LogP contribution < -0.4 is 5.32 Å². The first-order valence-corrected chi connectivity index (χ1v) is 6.87. The standard InChI is InChI=1S/C13H16BrN3/c1-9-4-12(7-15-6-9)17-8-10-2-3-11(14)5-13(10)16-17/h2-3,5,8-9,12,15H,4,6-7H2,1H3. The Morgan fingerprint density at radius 3 is 3.12 bits per heavy atom. The molecular weight excluding hydrogens is 278 g/mol. The monoisotopic (exact) mass is 293 g/mol. The van der Waals surface area contributed by atoms with Gasteiger partial charge >= 0.3 is 0 Å². The molecule has 0 amide bonds. The number of fused-ring (bicyclic) bond motifs is 1. The Morgan fingerprint density at radius 1 is 1.41 bits per heavy atom. The summed E-state index contributed by atoms with van der Waals surface area (Å²) in [6.45, 7) is 4.45. The summed E-state index contributed by atoms with van der Waals surface area (Å²) in [4.78, 5) is 0. The van der Waals surface area contributed by atoms with Crippen LogP contribution >= 0.6 is 15.9 Å². The summed E-state index contributed by atoms with van der Waals surface area (Å²) in [5.41, 5.74) is 1.07. The summed E-state index contributed by atoms with van der Waals surface area (Å²) in [5, 5.41) is 9.36. The molecule has 4 heteroatoms. The lowest BCUT2D eigenvalue weighted by atomic mass is 9.98. The molecule has 2 atom stereocenters. The van der Waals surface area contributed by atoms with Crippen molar-refractivity contribution in [1.29, 1.82) is 0 Å². The lowest BCUT2D eigenvalue weighted by molar-refractivity contribution is 0.286. The second-order valence-electron chi connectivity index (χ2n) is 4.97.